The molecule has 12 aromatic rings. The molecule has 3 aliphatic rings. The lowest BCUT2D eigenvalue weighted by Crippen LogP contribution is -2.49. The van der Waals surface area contributed by atoms with E-state index in [1.54, 1.807) is 174 Å². The van der Waals surface area contributed by atoms with Gasteiger partial charge in [0.1, 0.15) is 56.5 Å². The molecule has 12 aromatic carbocycles. The van der Waals surface area contributed by atoms with Crippen LogP contribution in [0.3, 0.4) is 0 Å². The molecule has 32 nitrogen and oxygen atoms in total. The van der Waals surface area contributed by atoms with Gasteiger partial charge in [-0.15, -0.1) is 23.5 Å². The summed E-state index contributed by atoms with van der Waals surface area (Å²) >= 11 is 9.90. The first-order valence-electron chi connectivity index (χ1n) is 42.2. The number of nitrogens with two attached hydrogens (primary N) is 2. The fraction of sp³-hybridized carbons (Fsp3) is 0.218. The average molecular weight is 1930 g/mol. The van der Waals surface area contributed by atoms with Gasteiger partial charge >= 0.3 is 5.97 Å². The number of carbonyl (C=O) groups excluding carboxylic acids is 3. The van der Waals surface area contributed by atoms with E-state index in [2.05, 4.69) is 10.3 Å². The zero-order chi connectivity index (χ0) is 98.8. The molecule has 5 unspecified atom stereocenters. The summed E-state index contributed by atoms with van der Waals surface area (Å²) in [6.07, 6.45) is 0.183. The quantitative estimate of drug-likeness (QED) is 0.00885. The Bertz CT molecular complexity index is 6450. The van der Waals surface area contributed by atoms with E-state index in [9.17, 15) is 75.2 Å². The summed E-state index contributed by atoms with van der Waals surface area (Å²) in [5, 5.41) is 81.2. The lowest BCUT2D eigenvalue weighted by Gasteiger charge is -2.35. The van der Waals surface area contributed by atoms with E-state index in [1.165, 1.54) is 84.9 Å². The Balaban J connectivity index is 0.000000166. The van der Waals surface area contributed by atoms with Crippen LogP contribution < -0.4 is 40.5 Å². The molecule has 15 rings (SSSR count). The van der Waals surface area contributed by atoms with Gasteiger partial charge in [-0.05, 0) is 137 Å². The van der Waals surface area contributed by atoms with Crippen LogP contribution in [0.15, 0.2) is 318 Å². The van der Waals surface area contributed by atoms with Gasteiger partial charge in [-0.1, -0.05) is 206 Å². The van der Waals surface area contributed by atoms with Crippen LogP contribution in [0, 0.1) is 50.6 Å². The van der Waals surface area contributed by atoms with Crippen molar-refractivity contribution in [3.8, 4) is 28.7 Å². The number of thiocarbonyl (C=S) groups is 1. The minimum atomic E-state index is -1.30. The summed E-state index contributed by atoms with van der Waals surface area (Å²) in [4.78, 5) is 106. The summed E-state index contributed by atoms with van der Waals surface area (Å²) in [6, 6.07) is 85.8. The predicted octanol–water partition coefficient (Wildman–Crippen LogP) is 18.7. The Kier molecular flexibility index (Phi) is 34.7. The highest BCUT2D eigenvalue weighted by molar-refractivity contribution is 8.14. The fourth-order valence-electron chi connectivity index (χ4n) is 15.1. The Morgan fingerprint density at radius 2 is 0.723 bits per heavy atom. The molecular weight excluding hydrogens is 1830 g/mol. The number of nitrogens with zero attached hydrogens (tertiary/aromatic N) is 8. The highest BCUT2D eigenvalue weighted by Gasteiger charge is 2.45. The molecule has 3 heterocycles. The van der Waals surface area contributed by atoms with Crippen molar-refractivity contribution in [2.45, 2.75) is 73.3 Å². The smallest absolute Gasteiger partial charge is 0.312 e. The maximum atomic E-state index is 12.7. The molecule has 0 amide bonds. The maximum Gasteiger partial charge on any atom is 0.312 e. The second kappa shape index (κ2) is 46.4. The number of nitrogens with one attached hydrogen (secondary N) is 1. The molecule has 0 saturated heterocycles. The zero-order valence-corrected chi connectivity index (χ0v) is 78.8. The lowest BCUT2D eigenvalue weighted by molar-refractivity contribution is -0.385. The molecule has 0 radical (unpaired) electrons. The Morgan fingerprint density at radius 3 is 1.07 bits per heavy atom. The summed E-state index contributed by atoms with van der Waals surface area (Å²) < 4.78 is 31.4. The Morgan fingerprint density at radius 1 is 0.394 bits per heavy atom. The van der Waals surface area contributed by atoms with Crippen molar-refractivity contribution in [2.75, 3.05) is 66.0 Å². The summed E-state index contributed by atoms with van der Waals surface area (Å²) in [7, 11) is 7.89. The number of Topliss-reactive ketones (excluding diaryl/α,β-unsaturated/α-hetero) is 2. The third-order valence-electron chi connectivity index (χ3n) is 22.3. The minimum Gasteiger partial charge on any atom is -0.497 e. The van der Waals surface area contributed by atoms with Crippen LogP contribution >= 0.6 is 47.5 Å². The van der Waals surface area contributed by atoms with Crippen LogP contribution in [0.5, 0.6) is 28.7 Å². The molecule has 0 fully saturated rings. The Hall–Kier alpha value is -14.9. The van der Waals surface area contributed by atoms with E-state index in [1.807, 2.05) is 136 Å². The highest BCUT2D eigenvalue weighted by Crippen LogP contribution is 2.48. The second-order valence-corrected chi connectivity index (χ2v) is 35.6. The highest BCUT2D eigenvalue weighted by atomic mass is 32.2. The first-order valence-corrected chi connectivity index (χ1v) is 45.5. The topological polar surface area (TPSA) is 464 Å². The molecule has 0 spiro atoms. The number of benzene rings is 12. The number of aliphatic hydroxyl groups is 2. The fourth-order valence-corrected chi connectivity index (χ4v) is 18.8. The van der Waals surface area contributed by atoms with Gasteiger partial charge in [0.25, 0.3) is 28.4 Å². The maximum absolute atomic E-state index is 12.7. The largest absolute Gasteiger partial charge is 0.497 e. The van der Waals surface area contributed by atoms with Gasteiger partial charge in [0.05, 0.1) is 113 Å². The molecule has 0 saturated carbocycles. The number of ether oxygens (including phenoxy) is 6. The molecule has 5 atom stereocenters. The van der Waals surface area contributed by atoms with E-state index in [4.69, 9.17) is 62.1 Å². The molecule has 7 N–H and O–H groups in total. The first kappa shape index (κ1) is 103. The number of nitro benzene ring substituents is 5. The van der Waals surface area contributed by atoms with E-state index < -0.39 is 64.5 Å². The van der Waals surface area contributed by atoms with Crippen molar-refractivity contribution in [2.24, 2.45) is 26.4 Å². The molecular formula is C101H97N11O21S4. The SMILES string of the molecule is COc1ccc(C(CO)(NC(=S)CC(=O)c2ccccc2)c2cccc([N+](=O)[O-])c2)cc1.COc1ccc(C(N)(CO)c2cccc([N+](=O)[O-])c2)cc1.COc1ccc(C2(c3cccc([N+](=O)[O-])c3)CSC(CC(=O)OC(C)(C)C)=N2)cc1.COc1ccc(C2(c3cccc([N+](=O)[O-])c3)CSC(CC(=O)c3ccccc3)=N2)cc1.COc1ccc(C2(c3cccc([N+](=O)[O-])c3)CSC(N)=N2)cc1. The lowest BCUT2D eigenvalue weighted by atomic mass is 9.83. The van der Waals surface area contributed by atoms with Crippen LogP contribution in [0.4, 0.5) is 28.4 Å². The van der Waals surface area contributed by atoms with Crippen molar-refractivity contribution in [3.63, 3.8) is 0 Å². The molecule has 0 bridgehead atoms. The van der Waals surface area contributed by atoms with Gasteiger partial charge in [-0.25, -0.2) is 4.99 Å². The number of methoxy groups -OCH3 is 5. The van der Waals surface area contributed by atoms with Gasteiger partial charge in [0.2, 0.25) is 0 Å². The van der Waals surface area contributed by atoms with E-state index >= 15 is 0 Å². The van der Waals surface area contributed by atoms with Gasteiger partial charge in [0, 0.05) is 89.0 Å². The number of rotatable bonds is 31. The number of aliphatic imine (C=N–C) groups is 3. The normalized spacial score (nSPS) is 16.4. The number of aliphatic hydroxyl groups excluding tert-OH is 2. The van der Waals surface area contributed by atoms with Crippen molar-refractivity contribution in [1.82, 2.24) is 5.32 Å². The predicted molar refractivity (Wildman–Crippen MR) is 534 cm³/mol. The third-order valence-corrected chi connectivity index (χ3v) is 25.7. The Labute approximate surface area is 806 Å². The number of hydrogen-bond acceptors (Lipinski definition) is 30. The molecule has 0 aliphatic carbocycles. The van der Waals surface area contributed by atoms with Crippen LogP contribution in [0.25, 0.3) is 0 Å². The van der Waals surface area contributed by atoms with Crippen molar-refractivity contribution in [3.05, 3.63) is 421 Å². The van der Waals surface area contributed by atoms with E-state index in [0.717, 1.165) is 38.6 Å². The second-order valence-electron chi connectivity index (χ2n) is 32.0. The number of thioether (sulfide) groups is 3. The first-order chi connectivity index (χ1) is 65.6. The summed E-state index contributed by atoms with van der Waals surface area (Å²) in [5.74, 6) is 4.59. The van der Waals surface area contributed by atoms with Gasteiger partial charge < -0.3 is 55.4 Å². The molecule has 137 heavy (non-hydrogen) atoms. The number of nitro groups is 5. The van der Waals surface area contributed by atoms with Gasteiger partial charge in [-0.3, -0.25) is 74.9 Å². The van der Waals surface area contributed by atoms with Crippen molar-refractivity contribution in [1.29, 1.82) is 0 Å². The minimum absolute atomic E-state index is 0.00109. The monoisotopic (exact) mass is 1930 g/mol. The van der Waals surface area contributed by atoms with E-state index in [-0.39, 0.29) is 76.8 Å². The van der Waals surface area contributed by atoms with E-state index in [0.29, 0.717) is 89.4 Å². The number of hydrogen-bond donors (Lipinski definition) is 5. The van der Waals surface area contributed by atoms with Gasteiger partial charge in [0.15, 0.2) is 16.7 Å². The molecule has 36 heteroatoms. The molecule has 706 valence electrons. The summed E-state index contributed by atoms with van der Waals surface area (Å²) in [6.45, 7) is 4.62. The van der Waals surface area contributed by atoms with Crippen LogP contribution in [-0.2, 0) is 37.2 Å². The molecule has 3 aliphatic heterocycles. The van der Waals surface area contributed by atoms with Crippen LogP contribution in [0.2, 0.25) is 0 Å². The van der Waals surface area contributed by atoms with Crippen molar-refractivity contribution < 1.29 is 77.6 Å². The third kappa shape index (κ3) is 25.4. The van der Waals surface area contributed by atoms with Crippen LogP contribution in [0.1, 0.15) is 116 Å². The number of carbonyl (C=O) groups is 3. The summed E-state index contributed by atoms with van der Waals surface area (Å²) in [5.41, 5.74) is 14.8. The number of ketones is 2. The zero-order valence-electron chi connectivity index (χ0n) is 75.5. The van der Waals surface area contributed by atoms with Crippen molar-refractivity contribution >= 4 is 114 Å². The van der Waals surface area contributed by atoms with Crippen LogP contribution in [-0.4, -0.2) is 144 Å². The number of amidine groups is 1. The standard InChI is InChI=1S/C24H22N2O5S.C24H20N2O4S.C22H24N2O5S.C16H15N3O3S.C15H16N2O4/c1-31-21-12-10-18(11-13-21)24(16-27,19-8-5-9-20(14-19)26(29)30)25-23(32)15-22(28)17-6-3-2-4-7-17;1-30-21-12-10-18(11-13-21)24(19-8-5-9-20(14-19)26(28)29)16-31-23(25-24)15-22(27)17-6-3-2-4-7-17;1-21(2,3)29-20(25)13-19-23-22(14-30-19,15-8-10-18(28-4)11-9-15)16-6-5-7-17(12-16)24(26)27;1-22-14-7-5-11(6-8-14)16(10-23-15(17)18-16)12-3-2-4-13(9-12)19(20)21;1-21-14-7-5-11(6-8-14)15(16,10-18)12-3-2-4-13(9-12)17(19)20/h2-14,27H,15-16H2,1H3,(H,25,32);2-14H,15-16H2,1H3;5-12H,13-14H2,1-4H3;2-9H,10H2,1H3,(H2,17,18);2-9,18H,10,16H2,1H3. The number of esters is 1. The molecule has 0 aromatic heterocycles. The number of non-ortho nitro benzene ring substituents is 5. The average Bonchev–Trinajstić information content (AvgIpc) is 1.62. The van der Waals surface area contributed by atoms with Gasteiger partial charge in [-0.2, -0.15) is 0 Å².